The van der Waals surface area contributed by atoms with Crippen molar-refractivity contribution in [3.63, 3.8) is 0 Å². The van der Waals surface area contributed by atoms with Crippen LogP contribution in [0.2, 0.25) is 0 Å². The third-order valence-electron chi connectivity index (χ3n) is 5.10. The van der Waals surface area contributed by atoms with Gasteiger partial charge in [0.05, 0.1) is 5.52 Å². The summed E-state index contributed by atoms with van der Waals surface area (Å²) in [6, 6.07) is 7.72. The van der Waals surface area contributed by atoms with Crippen LogP contribution in [0.15, 0.2) is 29.1 Å². The Balaban J connectivity index is 1.89. The smallest absolute Gasteiger partial charge is 0.220 e. The highest BCUT2D eigenvalue weighted by Gasteiger charge is 2.24. The van der Waals surface area contributed by atoms with Gasteiger partial charge >= 0.3 is 0 Å². The Morgan fingerprint density at radius 1 is 1.26 bits per heavy atom. The number of nitrogens with two attached hydrogens (primary N) is 1. The number of pyridine rings is 1. The number of para-hydroxylation sites is 1. The van der Waals surface area contributed by atoms with E-state index in [9.17, 15) is 9.59 Å². The number of piperidine rings is 1. The molecule has 2 N–H and O–H groups in total. The summed E-state index contributed by atoms with van der Waals surface area (Å²) >= 11 is 0. The summed E-state index contributed by atoms with van der Waals surface area (Å²) in [5, 5.41) is 0.766. The molecule has 1 aromatic heterocycles. The minimum atomic E-state index is -0.206. The van der Waals surface area contributed by atoms with E-state index in [-0.39, 0.29) is 17.3 Å². The maximum Gasteiger partial charge on any atom is 0.220 e. The van der Waals surface area contributed by atoms with Crippen LogP contribution in [0.5, 0.6) is 0 Å². The molecule has 1 aliphatic heterocycles. The molecule has 0 unspecified atom stereocenters. The molecule has 0 atom stereocenters. The number of rotatable bonds is 3. The summed E-state index contributed by atoms with van der Waals surface area (Å²) in [6.07, 6.45) is 1.56. The fourth-order valence-electron chi connectivity index (χ4n) is 3.45. The molecule has 0 saturated carbocycles. The van der Waals surface area contributed by atoms with Gasteiger partial charge in [-0.3, -0.25) is 14.5 Å². The molecule has 2 aromatic rings. The number of carbonyl (C=O) groups excluding carboxylic acids is 1. The Labute approximate surface area is 135 Å². The Bertz CT molecular complexity index is 802. The van der Waals surface area contributed by atoms with Crippen LogP contribution in [0.4, 0.5) is 0 Å². The Morgan fingerprint density at radius 2 is 1.91 bits per heavy atom. The van der Waals surface area contributed by atoms with Gasteiger partial charge in [-0.05, 0) is 45.0 Å². The molecular weight excluding hydrogens is 290 g/mol. The van der Waals surface area contributed by atoms with E-state index >= 15 is 0 Å². The third-order valence-corrected chi connectivity index (χ3v) is 5.10. The van der Waals surface area contributed by atoms with Gasteiger partial charge in [0.1, 0.15) is 0 Å². The van der Waals surface area contributed by atoms with E-state index in [0.717, 1.165) is 48.1 Å². The lowest BCUT2D eigenvalue weighted by molar-refractivity contribution is -0.123. The van der Waals surface area contributed by atoms with E-state index in [1.165, 1.54) is 0 Å². The fourth-order valence-corrected chi connectivity index (χ4v) is 3.45. The lowest BCUT2D eigenvalue weighted by atomic mass is 9.95. The van der Waals surface area contributed by atoms with Crippen LogP contribution in [0.3, 0.4) is 0 Å². The molecule has 1 aliphatic rings. The van der Waals surface area contributed by atoms with E-state index in [0.29, 0.717) is 6.54 Å². The molecule has 3 rings (SSSR count). The highest BCUT2D eigenvalue weighted by molar-refractivity contribution is 5.80. The molecule has 0 spiro atoms. The van der Waals surface area contributed by atoms with Gasteiger partial charge in [-0.2, -0.15) is 0 Å². The lowest BCUT2D eigenvalue weighted by Crippen LogP contribution is -2.39. The zero-order valence-electron chi connectivity index (χ0n) is 13.7. The van der Waals surface area contributed by atoms with Crippen LogP contribution in [-0.4, -0.2) is 28.5 Å². The maximum atomic E-state index is 12.8. The van der Waals surface area contributed by atoms with Crippen LogP contribution in [-0.2, 0) is 18.4 Å². The van der Waals surface area contributed by atoms with Crippen molar-refractivity contribution < 1.29 is 4.79 Å². The Hall–Kier alpha value is -2.14. The second-order valence-corrected chi connectivity index (χ2v) is 6.42. The van der Waals surface area contributed by atoms with Gasteiger partial charge in [0.2, 0.25) is 5.91 Å². The zero-order chi connectivity index (χ0) is 16.6. The standard InChI is InChI=1S/C18H23N3O2/c1-12-15(11-21-9-7-13(8-10-21)18(19)23)17(22)14-5-3-4-6-16(14)20(12)2/h3-6,13H,7-11H2,1-2H3,(H2,19,23). The van der Waals surface area contributed by atoms with Gasteiger partial charge in [0.25, 0.3) is 0 Å². The molecule has 0 radical (unpaired) electrons. The second-order valence-electron chi connectivity index (χ2n) is 6.42. The number of aromatic nitrogens is 1. The van der Waals surface area contributed by atoms with Crippen LogP contribution >= 0.6 is 0 Å². The number of carbonyl (C=O) groups is 1. The number of nitrogens with zero attached hydrogens (tertiary/aromatic N) is 2. The molecule has 2 heterocycles. The molecule has 1 aromatic carbocycles. The van der Waals surface area contributed by atoms with Crippen molar-refractivity contribution in [3.05, 3.63) is 45.7 Å². The summed E-state index contributed by atoms with van der Waals surface area (Å²) < 4.78 is 2.09. The molecule has 5 heteroatoms. The van der Waals surface area contributed by atoms with Gasteiger partial charge < -0.3 is 10.3 Å². The molecule has 5 nitrogen and oxygen atoms in total. The Kier molecular flexibility index (Phi) is 4.22. The zero-order valence-corrected chi connectivity index (χ0v) is 13.7. The van der Waals surface area contributed by atoms with Crippen molar-refractivity contribution in [3.8, 4) is 0 Å². The predicted octanol–water partition coefficient (Wildman–Crippen LogP) is 1.54. The summed E-state index contributed by atoms with van der Waals surface area (Å²) in [4.78, 5) is 26.4. The highest BCUT2D eigenvalue weighted by atomic mass is 16.1. The first-order chi connectivity index (χ1) is 11.0. The molecule has 1 saturated heterocycles. The highest BCUT2D eigenvalue weighted by Crippen LogP contribution is 2.20. The van der Waals surface area contributed by atoms with Gasteiger partial charge in [-0.15, -0.1) is 0 Å². The lowest BCUT2D eigenvalue weighted by Gasteiger charge is -2.31. The SMILES string of the molecule is Cc1c(CN2CCC(C(N)=O)CC2)c(=O)c2ccccc2n1C. The topological polar surface area (TPSA) is 68.3 Å². The quantitative estimate of drug-likeness (QED) is 0.934. The average molecular weight is 313 g/mol. The summed E-state index contributed by atoms with van der Waals surface area (Å²) in [7, 11) is 2.00. The third kappa shape index (κ3) is 2.88. The van der Waals surface area contributed by atoms with Crippen molar-refractivity contribution in [2.75, 3.05) is 13.1 Å². The molecule has 0 aliphatic carbocycles. The number of primary amides is 1. The number of hydrogen-bond acceptors (Lipinski definition) is 3. The number of fused-ring (bicyclic) bond motifs is 1. The number of amides is 1. The summed E-state index contributed by atoms with van der Waals surface area (Å²) in [5.41, 5.74) is 8.32. The normalized spacial score (nSPS) is 16.8. The van der Waals surface area contributed by atoms with Crippen molar-refractivity contribution in [2.45, 2.75) is 26.3 Å². The van der Waals surface area contributed by atoms with Crippen LogP contribution in [0, 0.1) is 12.8 Å². The molecule has 122 valence electrons. The molecule has 23 heavy (non-hydrogen) atoms. The van der Waals surface area contributed by atoms with Crippen LogP contribution < -0.4 is 11.2 Å². The fraction of sp³-hybridized carbons (Fsp3) is 0.444. The summed E-state index contributed by atoms with van der Waals surface area (Å²) in [6.45, 7) is 4.25. The summed E-state index contributed by atoms with van der Waals surface area (Å²) in [5.74, 6) is -0.228. The van der Waals surface area contributed by atoms with E-state index < -0.39 is 0 Å². The maximum absolute atomic E-state index is 12.8. The van der Waals surface area contributed by atoms with Crippen LogP contribution in [0.1, 0.15) is 24.1 Å². The van der Waals surface area contributed by atoms with Gasteiger partial charge in [-0.1, -0.05) is 12.1 Å². The number of benzene rings is 1. The first-order valence-corrected chi connectivity index (χ1v) is 8.08. The molecule has 1 amide bonds. The number of hydrogen-bond donors (Lipinski definition) is 1. The van der Waals surface area contributed by atoms with Gasteiger partial charge in [0.15, 0.2) is 5.43 Å². The minimum absolute atomic E-state index is 0.0215. The van der Waals surface area contributed by atoms with E-state index in [2.05, 4.69) is 9.47 Å². The average Bonchev–Trinajstić information content (AvgIpc) is 2.57. The molecule has 0 bridgehead atoms. The monoisotopic (exact) mass is 313 g/mol. The van der Waals surface area contributed by atoms with E-state index in [4.69, 9.17) is 5.73 Å². The van der Waals surface area contributed by atoms with Gasteiger partial charge in [-0.25, -0.2) is 0 Å². The van der Waals surface area contributed by atoms with Crippen molar-refractivity contribution in [2.24, 2.45) is 18.7 Å². The minimum Gasteiger partial charge on any atom is -0.369 e. The predicted molar refractivity (Wildman–Crippen MR) is 91.1 cm³/mol. The molecule has 1 fully saturated rings. The van der Waals surface area contributed by atoms with E-state index in [1.54, 1.807) is 0 Å². The van der Waals surface area contributed by atoms with Crippen molar-refractivity contribution >= 4 is 16.8 Å². The number of likely N-dealkylation sites (tertiary alicyclic amines) is 1. The first-order valence-electron chi connectivity index (χ1n) is 8.08. The molecular formula is C18H23N3O2. The second kappa shape index (κ2) is 6.16. The largest absolute Gasteiger partial charge is 0.369 e. The number of aryl methyl sites for hydroxylation is 1. The van der Waals surface area contributed by atoms with Crippen molar-refractivity contribution in [1.29, 1.82) is 0 Å². The van der Waals surface area contributed by atoms with Gasteiger partial charge in [0, 0.05) is 36.2 Å². The van der Waals surface area contributed by atoms with Crippen LogP contribution in [0.25, 0.3) is 10.9 Å². The van der Waals surface area contributed by atoms with Crippen molar-refractivity contribution in [1.82, 2.24) is 9.47 Å². The Morgan fingerprint density at radius 3 is 2.57 bits per heavy atom. The van der Waals surface area contributed by atoms with E-state index in [1.807, 2.05) is 38.2 Å². The first kappa shape index (κ1) is 15.7.